The van der Waals surface area contributed by atoms with Crippen molar-refractivity contribution in [1.29, 1.82) is 0 Å². The van der Waals surface area contributed by atoms with Gasteiger partial charge in [0.2, 0.25) is 0 Å². The molecule has 0 bridgehead atoms. The van der Waals surface area contributed by atoms with Crippen molar-refractivity contribution in [2.75, 3.05) is 43.0 Å². The molecule has 1 amide bonds. The summed E-state index contributed by atoms with van der Waals surface area (Å²) in [5.74, 6) is 1.19. The minimum absolute atomic E-state index is 0.0891. The van der Waals surface area contributed by atoms with Gasteiger partial charge in [0.1, 0.15) is 23.5 Å². The van der Waals surface area contributed by atoms with E-state index in [0.717, 1.165) is 0 Å². The first-order chi connectivity index (χ1) is 18.1. The van der Waals surface area contributed by atoms with Crippen LogP contribution in [0.2, 0.25) is 0 Å². The second-order valence-electron chi connectivity index (χ2n) is 8.35. The van der Waals surface area contributed by atoms with Gasteiger partial charge < -0.3 is 28.9 Å². The van der Waals surface area contributed by atoms with Gasteiger partial charge >= 0.3 is 0 Å². The Labute approximate surface area is 212 Å². The number of carbonyl (C=O) groups excluding carboxylic acids is 1. The third kappa shape index (κ3) is 5.70. The Bertz CT molecular complexity index is 1390. The molecule has 0 aliphatic carbocycles. The maximum atomic E-state index is 15.0. The summed E-state index contributed by atoms with van der Waals surface area (Å²) in [6.07, 6.45) is 1.46. The lowest BCUT2D eigenvalue weighted by molar-refractivity contribution is -0.133. The van der Waals surface area contributed by atoms with E-state index in [2.05, 4.69) is 20.5 Å². The van der Waals surface area contributed by atoms with E-state index in [1.54, 1.807) is 53.4 Å². The number of nitrogens with one attached hydrogen (secondary N) is 1. The molecule has 11 heteroatoms. The minimum Gasteiger partial charge on any atom is -0.484 e. The molecule has 37 heavy (non-hydrogen) atoms. The summed E-state index contributed by atoms with van der Waals surface area (Å²) in [5.41, 5.74) is 2.12. The molecule has 0 radical (unpaired) electrons. The number of hydrogen-bond acceptors (Lipinski definition) is 8. The number of ether oxygens (including phenoxy) is 1. The Balaban J connectivity index is 1.13. The summed E-state index contributed by atoms with van der Waals surface area (Å²) in [6.45, 7) is 9.19. The van der Waals surface area contributed by atoms with Crippen molar-refractivity contribution in [1.82, 2.24) is 15.2 Å². The van der Waals surface area contributed by atoms with Crippen LogP contribution in [0.3, 0.4) is 0 Å². The smallest absolute Gasteiger partial charge is 0.260 e. The highest BCUT2D eigenvalue weighted by atomic mass is 19.1. The second kappa shape index (κ2) is 10.8. The Morgan fingerprint density at radius 2 is 1.89 bits per heavy atom. The Morgan fingerprint density at radius 1 is 1.08 bits per heavy atom. The molecule has 0 unspecified atom stereocenters. The van der Waals surface area contributed by atoms with Crippen LogP contribution in [0.4, 0.5) is 21.6 Å². The number of aromatic nitrogens is 2. The van der Waals surface area contributed by atoms with Crippen molar-refractivity contribution >= 4 is 23.1 Å². The van der Waals surface area contributed by atoms with Gasteiger partial charge in [-0.1, -0.05) is 28.5 Å². The molecule has 0 spiro atoms. The van der Waals surface area contributed by atoms with Gasteiger partial charge in [0, 0.05) is 43.9 Å². The molecule has 1 aliphatic heterocycles. The highest BCUT2D eigenvalue weighted by molar-refractivity contribution is 5.78. The van der Waals surface area contributed by atoms with Crippen LogP contribution in [0.5, 0.6) is 5.75 Å². The first-order valence-electron chi connectivity index (χ1n) is 11.6. The molecular formula is C26H23FN6O4. The maximum Gasteiger partial charge on any atom is 0.260 e. The lowest BCUT2D eigenvalue weighted by atomic mass is 10.1. The zero-order chi connectivity index (χ0) is 25.6. The van der Waals surface area contributed by atoms with E-state index < -0.39 is 0 Å². The summed E-state index contributed by atoms with van der Waals surface area (Å²) >= 11 is 0. The molecule has 3 heterocycles. The monoisotopic (exact) mass is 502 g/mol. The fourth-order valence-electron chi connectivity index (χ4n) is 3.99. The van der Waals surface area contributed by atoms with E-state index in [9.17, 15) is 4.79 Å². The number of benzene rings is 2. The zero-order valence-corrected chi connectivity index (χ0v) is 19.8. The molecule has 1 aliphatic rings. The molecule has 188 valence electrons. The molecule has 1 N–H and O–H groups in total. The van der Waals surface area contributed by atoms with Gasteiger partial charge in [0.25, 0.3) is 5.91 Å². The Kier molecular flexibility index (Phi) is 6.98. The predicted octanol–water partition coefficient (Wildman–Crippen LogP) is 4.36. The average Bonchev–Trinajstić information content (AvgIpc) is 3.63. The van der Waals surface area contributed by atoms with Gasteiger partial charge in [-0.05, 0) is 24.3 Å². The first-order valence-corrected chi connectivity index (χ1v) is 11.6. The number of nitrogens with zero attached hydrogens (tertiary/aromatic N) is 5. The molecule has 2 aromatic carbocycles. The SMILES string of the molecule is [C-]#[N+]c1ccc(OCC(=O)N2CCN(c3ccc(-c4cc(CNc5ccon5)on4)cc3F)CC2)cc1. The lowest BCUT2D eigenvalue weighted by Crippen LogP contribution is -2.50. The van der Waals surface area contributed by atoms with Crippen LogP contribution < -0.4 is 15.0 Å². The summed E-state index contributed by atoms with van der Waals surface area (Å²) in [7, 11) is 0. The summed E-state index contributed by atoms with van der Waals surface area (Å²) < 4.78 is 30.7. The summed E-state index contributed by atoms with van der Waals surface area (Å²) in [5, 5.41) is 10.8. The zero-order valence-electron chi connectivity index (χ0n) is 19.8. The van der Waals surface area contributed by atoms with Crippen molar-refractivity contribution in [2.24, 2.45) is 0 Å². The number of halogens is 1. The molecule has 1 saturated heterocycles. The van der Waals surface area contributed by atoms with Crippen LogP contribution in [0.25, 0.3) is 16.1 Å². The Morgan fingerprint density at radius 3 is 2.59 bits per heavy atom. The van der Waals surface area contributed by atoms with Crippen LogP contribution in [-0.2, 0) is 11.3 Å². The molecule has 5 rings (SSSR count). The first kappa shape index (κ1) is 23.9. The molecule has 4 aromatic rings. The number of piperazine rings is 1. The van der Waals surface area contributed by atoms with E-state index in [1.165, 1.54) is 12.3 Å². The summed E-state index contributed by atoms with van der Waals surface area (Å²) in [6, 6.07) is 15.0. The second-order valence-corrected chi connectivity index (χ2v) is 8.35. The number of carbonyl (C=O) groups is 1. The predicted molar refractivity (Wildman–Crippen MR) is 133 cm³/mol. The van der Waals surface area contributed by atoms with Crippen LogP contribution in [0.15, 0.2) is 69.9 Å². The van der Waals surface area contributed by atoms with Gasteiger partial charge in [-0.2, -0.15) is 0 Å². The van der Waals surface area contributed by atoms with Crippen LogP contribution in [-0.4, -0.2) is 53.9 Å². The van der Waals surface area contributed by atoms with Gasteiger partial charge in [0.15, 0.2) is 23.9 Å². The third-order valence-corrected chi connectivity index (χ3v) is 5.99. The Hall–Kier alpha value is -4.85. The minimum atomic E-state index is -0.367. The molecule has 0 saturated carbocycles. The molecule has 0 atom stereocenters. The van der Waals surface area contributed by atoms with E-state index in [-0.39, 0.29) is 18.3 Å². The average molecular weight is 503 g/mol. The highest BCUT2D eigenvalue weighted by Crippen LogP contribution is 2.27. The lowest BCUT2D eigenvalue weighted by Gasteiger charge is -2.36. The van der Waals surface area contributed by atoms with Crippen LogP contribution >= 0.6 is 0 Å². The van der Waals surface area contributed by atoms with Crippen molar-refractivity contribution in [2.45, 2.75) is 6.54 Å². The van der Waals surface area contributed by atoms with E-state index in [1.807, 2.05) is 4.90 Å². The fourth-order valence-corrected chi connectivity index (χ4v) is 3.99. The van der Waals surface area contributed by atoms with Gasteiger partial charge in [-0.3, -0.25) is 4.79 Å². The van der Waals surface area contributed by atoms with Crippen LogP contribution in [0, 0.1) is 12.4 Å². The van der Waals surface area contributed by atoms with E-state index in [4.69, 9.17) is 20.4 Å². The molecule has 1 fully saturated rings. The van der Waals surface area contributed by atoms with Gasteiger partial charge in [0.05, 0.1) is 18.8 Å². The molecule has 10 nitrogen and oxygen atoms in total. The van der Waals surface area contributed by atoms with Crippen molar-refractivity contribution < 1.29 is 23.0 Å². The van der Waals surface area contributed by atoms with Gasteiger partial charge in [-0.25, -0.2) is 9.24 Å². The highest BCUT2D eigenvalue weighted by Gasteiger charge is 2.23. The molecular weight excluding hydrogens is 479 g/mol. The maximum absolute atomic E-state index is 15.0. The number of amides is 1. The normalized spacial score (nSPS) is 13.3. The van der Waals surface area contributed by atoms with Crippen molar-refractivity contribution in [3.05, 3.63) is 83.9 Å². The number of anilines is 2. The fraction of sp³-hybridized carbons (Fsp3) is 0.231. The quantitative estimate of drug-likeness (QED) is 0.355. The van der Waals surface area contributed by atoms with E-state index >= 15 is 4.39 Å². The number of rotatable bonds is 8. The van der Waals surface area contributed by atoms with E-state index in [0.29, 0.717) is 72.7 Å². The summed E-state index contributed by atoms with van der Waals surface area (Å²) in [4.78, 5) is 19.5. The van der Waals surface area contributed by atoms with Crippen LogP contribution in [0.1, 0.15) is 5.76 Å². The molecule has 2 aromatic heterocycles. The standard InChI is InChI=1S/C26H23FN6O4/c1-28-19-3-5-20(6-4-19)35-17-26(34)33-11-9-32(10-12-33)24-7-2-18(14-22(24)27)23-15-21(37-30-23)16-29-25-8-13-36-31-25/h2-8,13-15H,9-12,16-17H2,(H,29,31). The number of hydrogen-bond donors (Lipinski definition) is 1. The van der Waals surface area contributed by atoms with Crippen molar-refractivity contribution in [3.8, 4) is 17.0 Å². The topological polar surface area (TPSA) is 101 Å². The van der Waals surface area contributed by atoms with Crippen molar-refractivity contribution in [3.63, 3.8) is 0 Å². The third-order valence-electron chi connectivity index (χ3n) is 5.99. The van der Waals surface area contributed by atoms with Gasteiger partial charge in [-0.15, -0.1) is 0 Å². The largest absolute Gasteiger partial charge is 0.484 e.